The highest BCUT2D eigenvalue weighted by atomic mass is 19.4. The van der Waals surface area contributed by atoms with Crippen molar-refractivity contribution >= 4 is 5.97 Å². The summed E-state index contributed by atoms with van der Waals surface area (Å²) in [7, 11) is 0. The molecule has 0 radical (unpaired) electrons. The minimum absolute atomic E-state index is 0.0803. The topological polar surface area (TPSA) is 29.5 Å². The number of likely N-dealkylation sites (tertiary alicyclic amines) is 1. The number of benzene rings is 2. The maximum absolute atomic E-state index is 14.2. The van der Waals surface area contributed by atoms with Gasteiger partial charge in [0.2, 0.25) is 0 Å². The molecule has 2 unspecified atom stereocenters. The summed E-state index contributed by atoms with van der Waals surface area (Å²) in [5.41, 5.74) is -1.14. The number of piperidine rings is 1. The zero-order valence-electron chi connectivity index (χ0n) is 18.3. The molecule has 1 heterocycles. The van der Waals surface area contributed by atoms with E-state index >= 15 is 0 Å². The molecule has 186 valence electrons. The van der Waals surface area contributed by atoms with Gasteiger partial charge in [0, 0.05) is 26.1 Å². The van der Waals surface area contributed by atoms with E-state index in [4.69, 9.17) is 4.74 Å². The van der Waals surface area contributed by atoms with E-state index < -0.39 is 35.3 Å². The molecule has 1 saturated heterocycles. The number of ether oxygens (including phenoxy) is 1. The quantitative estimate of drug-likeness (QED) is 0.345. The number of nitrogens with zero attached hydrogens (tertiary/aromatic N) is 1. The van der Waals surface area contributed by atoms with Gasteiger partial charge in [0.25, 0.3) is 0 Å². The Kier molecular flexibility index (Phi) is 7.90. The molecule has 0 saturated carbocycles. The van der Waals surface area contributed by atoms with Crippen molar-refractivity contribution in [2.45, 2.75) is 44.6 Å². The third kappa shape index (κ3) is 6.71. The number of hydrogen-bond donors (Lipinski definition) is 0. The molecule has 34 heavy (non-hydrogen) atoms. The summed E-state index contributed by atoms with van der Waals surface area (Å²) in [5, 5.41) is 0. The van der Waals surface area contributed by atoms with E-state index in [-0.39, 0.29) is 31.4 Å². The third-order valence-electron chi connectivity index (χ3n) is 5.83. The van der Waals surface area contributed by atoms with Crippen LogP contribution in [0.1, 0.15) is 47.9 Å². The van der Waals surface area contributed by atoms with Crippen molar-refractivity contribution in [2.24, 2.45) is 5.92 Å². The number of alkyl halides is 6. The lowest BCUT2D eigenvalue weighted by Crippen LogP contribution is -2.40. The molecule has 1 aliphatic heterocycles. The van der Waals surface area contributed by atoms with Crippen molar-refractivity contribution in [2.75, 3.05) is 19.7 Å². The first kappa shape index (κ1) is 26.0. The lowest BCUT2D eigenvalue weighted by molar-refractivity contribution is -0.145. The Morgan fingerprint density at radius 3 is 2.24 bits per heavy atom. The standard InChI is InChI=1S/C24H24F7NO2/c1-2-34-22(33)10-16-9-18(17-5-8-20(21(25)11-17)24(29,30)31)14-32(13-16)12-15-3-6-19(7-4-15)23(26,27)28/h3-8,11,16,18H,2,9-10,12-14H2,1H3. The molecule has 0 aliphatic carbocycles. The first-order chi connectivity index (χ1) is 15.9. The lowest BCUT2D eigenvalue weighted by atomic mass is 9.82. The maximum Gasteiger partial charge on any atom is 0.419 e. The highest BCUT2D eigenvalue weighted by molar-refractivity contribution is 5.69. The van der Waals surface area contributed by atoms with Crippen molar-refractivity contribution in [1.82, 2.24) is 4.90 Å². The van der Waals surface area contributed by atoms with Crippen LogP contribution in [0.25, 0.3) is 0 Å². The van der Waals surface area contributed by atoms with Crippen LogP contribution >= 0.6 is 0 Å². The molecule has 2 atom stereocenters. The molecule has 3 rings (SSSR count). The SMILES string of the molecule is CCOC(=O)CC1CC(c2ccc(C(F)(F)F)c(F)c2)CN(Cc2ccc(C(F)(F)F)cc2)C1. The van der Waals surface area contributed by atoms with Gasteiger partial charge in [-0.15, -0.1) is 0 Å². The summed E-state index contributed by atoms with van der Waals surface area (Å²) in [5.74, 6) is -2.36. The Balaban J connectivity index is 1.81. The predicted molar refractivity (Wildman–Crippen MR) is 110 cm³/mol. The number of halogens is 7. The summed E-state index contributed by atoms with van der Waals surface area (Å²) in [6, 6.07) is 7.52. The van der Waals surface area contributed by atoms with Crippen LogP contribution in [0, 0.1) is 11.7 Å². The molecular weight excluding hydrogens is 467 g/mol. The van der Waals surface area contributed by atoms with E-state index in [1.54, 1.807) is 6.92 Å². The molecular formula is C24H24F7NO2. The van der Waals surface area contributed by atoms with E-state index in [0.717, 1.165) is 18.2 Å². The molecule has 1 fully saturated rings. The van der Waals surface area contributed by atoms with Gasteiger partial charge in [0.15, 0.2) is 0 Å². The number of carbonyl (C=O) groups excluding carboxylic acids is 1. The number of esters is 1. The first-order valence-corrected chi connectivity index (χ1v) is 10.8. The fraction of sp³-hybridized carbons (Fsp3) is 0.458. The van der Waals surface area contributed by atoms with Crippen LogP contribution in [-0.4, -0.2) is 30.6 Å². The van der Waals surface area contributed by atoms with E-state index in [2.05, 4.69) is 0 Å². The van der Waals surface area contributed by atoms with Crippen molar-refractivity contribution in [3.63, 3.8) is 0 Å². The molecule has 2 aromatic rings. The van der Waals surface area contributed by atoms with E-state index in [0.29, 0.717) is 36.7 Å². The minimum Gasteiger partial charge on any atom is -0.466 e. The Bertz CT molecular complexity index is 986. The molecule has 10 heteroatoms. The molecule has 3 nitrogen and oxygen atoms in total. The Labute approximate surface area is 192 Å². The fourth-order valence-electron chi connectivity index (χ4n) is 4.35. The summed E-state index contributed by atoms with van der Waals surface area (Å²) < 4.78 is 96.5. The van der Waals surface area contributed by atoms with Crippen LogP contribution in [0.3, 0.4) is 0 Å². The van der Waals surface area contributed by atoms with Gasteiger partial charge in [-0.3, -0.25) is 9.69 Å². The summed E-state index contributed by atoms with van der Waals surface area (Å²) in [4.78, 5) is 13.9. The van der Waals surface area contributed by atoms with Crippen molar-refractivity contribution in [1.29, 1.82) is 0 Å². The normalized spacial score (nSPS) is 19.8. The van der Waals surface area contributed by atoms with Crippen molar-refractivity contribution in [3.05, 3.63) is 70.5 Å². The lowest BCUT2D eigenvalue weighted by Gasteiger charge is -2.38. The largest absolute Gasteiger partial charge is 0.466 e. The number of rotatable bonds is 6. The van der Waals surface area contributed by atoms with E-state index in [1.807, 2.05) is 4.90 Å². The maximum atomic E-state index is 14.2. The highest BCUT2D eigenvalue weighted by Gasteiger charge is 2.36. The van der Waals surface area contributed by atoms with Crippen LogP contribution < -0.4 is 0 Å². The third-order valence-corrected chi connectivity index (χ3v) is 5.83. The van der Waals surface area contributed by atoms with Gasteiger partial charge in [-0.05, 0) is 60.6 Å². The van der Waals surface area contributed by atoms with E-state index in [9.17, 15) is 35.5 Å². The molecule has 0 spiro atoms. The second-order valence-corrected chi connectivity index (χ2v) is 8.43. The predicted octanol–water partition coefficient (Wildman–Crippen LogP) is 6.42. The van der Waals surface area contributed by atoms with Crippen molar-refractivity contribution in [3.8, 4) is 0 Å². The number of carbonyl (C=O) groups is 1. The summed E-state index contributed by atoms with van der Waals surface area (Å²) >= 11 is 0. The Morgan fingerprint density at radius 1 is 1.00 bits per heavy atom. The fourth-order valence-corrected chi connectivity index (χ4v) is 4.35. The van der Waals surface area contributed by atoms with Crippen LogP contribution in [0.15, 0.2) is 42.5 Å². The van der Waals surface area contributed by atoms with Gasteiger partial charge in [0.05, 0.1) is 17.7 Å². The van der Waals surface area contributed by atoms with Gasteiger partial charge < -0.3 is 4.74 Å². The zero-order chi connectivity index (χ0) is 25.1. The second kappa shape index (κ2) is 10.3. The Hall–Kier alpha value is -2.62. The number of hydrogen-bond acceptors (Lipinski definition) is 3. The molecule has 0 amide bonds. The van der Waals surface area contributed by atoms with Crippen LogP contribution in [0.4, 0.5) is 30.7 Å². The van der Waals surface area contributed by atoms with E-state index in [1.165, 1.54) is 18.2 Å². The summed E-state index contributed by atoms with van der Waals surface area (Å²) in [6.45, 7) is 2.94. The van der Waals surface area contributed by atoms with Gasteiger partial charge >= 0.3 is 18.3 Å². The molecule has 0 bridgehead atoms. The van der Waals surface area contributed by atoms with Gasteiger partial charge in [0.1, 0.15) is 5.82 Å². The van der Waals surface area contributed by atoms with Gasteiger partial charge in [-0.1, -0.05) is 18.2 Å². The molecule has 0 aromatic heterocycles. The van der Waals surface area contributed by atoms with Crippen molar-refractivity contribution < 1.29 is 40.3 Å². The smallest absolute Gasteiger partial charge is 0.419 e. The average molecular weight is 491 g/mol. The van der Waals surface area contributed by atoms with Gasteiger partial charge in [-0.2, -0.15) is 26.3 Å². The van der Waals surface area contributed by atoms with Crippen LogP contribution in [0.2, 0.25) is 0 Å². The molecule has 1 aliphatic rings. The second-order valence-electron chi connectivity index (χ2n) is 8.43. The first-order valence-electron chi connectivity index (χ1n) is 10.8. The molecule has 2 aromatic carbocycles. The van der Waals surface area contributed by atoms with Gasteiger partial charge in [-0.25, -0.2) is 4.39 Å². The average Bonchev–Trinajstić information content (AvgIpc) is 2.72. The summed E-state index contributed by atoms with van der Waals surface area (Å²) in [6.07, 6.45) is -8.74. The molecule has 0 N–H and O–H groups in total. The van der Waals surface area contributed by atoms with Crippen LogP contribution in [-0.2, 0) is 28.4 Å². The monoisotopic (exact) mass is 491 g/mol. The highest BCUT2D eigenvalue weighted by Crippen LogP contribution is 2.37. The Morgan fingerprint density at radius 2 is 1.68 bits per heavy atom. The zero-order valence-corrected chi connectivity index (χ0v) is 18.3. The minimum atomic E-state index is -4.81. The van der Waals surface area contributed by atoms with Crippen LogP contribution in [0.5, 0.6) is 0 Å².